The van der Waals surface area contributed by atoms with Gasteiger partial charge < -0.3 is 20.9 Å². The van der Waals surface area contributed by atoms with Crippen molar-refractivity contribution in [3.63, 3.8) is 0 Å². The van der Waals surface area contributed by atoms with Crippen LogP contribution in [0, 0.1) is 39.9 Å². The zero-order chi connectivity index (χ0) is 25.6. The largest absolute Gasteiger partial charge is 0.471 e. The predicted octanol–water partition coefficient (Wildman–Crippen LogP) is 1.57. The summed E-state index contributed by atoms with van der Waals surface area (Å²) in [5, 5.41) is 17.4. The molecule has 190 valence electrons. The van der Waals surface area contributed by atoms with Crippen LogP contribution in [-0.2, 0) is 14.4 Å². The highest BCUT2D eigenvalue weighted by Crippen LogP contribution is 2.65. The Bertz CT molecular complexity index is 871. The highest BCUT2D eigenvalue weighted by molar-refractivity contribution is 5.95. The average molecular weight is 486 g/mol. The molecule has 0 aromatic carbocycles. The first-order valence-corrected chi connectivity index (χ1v) is 11.7. The van der Waals surface area contributed by atoms with Crippen LogP contribution in [-0.4, -0.2) is 66.6 Å². The van der Waals surface area contributed by atoms with Crippen LogP contribution in [0.3, 0.4) is 0 Å². The number of nitriles is 1. The van der Waals surface area contributed by atoms with E-state index >= 15 is 0 Å². The van der Waals surface area contributed by atoms with Gasteiger partial charge in [0.25, 0.3) is 0 Å². The third-order valence-electron chi connectivity index (χ3n) is 7.61. The van der Waals surface area contributed by atoms with Crippen LogP contribution in [0.5, 0.6) is 0 Å². The molecule has 34 heavy (non-hydrogen) atoms. The minimum absolute atomic E-state index is 0.0192. The van der Waals surface area contributed by atoms with E-state index in [-0.39, 0.29) is 29.7 Å². The molecule has 1 saturated carbocycles. The number of likely N-dealkylation sites (tertiary alicyclic amines) is 1. The quantitative estimate of drug-likeness (QED) is 0.529. The van der Waals surface area contributed by atoms with E-state index in [4.69, 9.17) is 0 Å². The Morgan fingerprint density at radius 3 is 2.35 bits per heavy atom. The van der Waals surface area contributed by atoms with Crippen molar-refractivity contribution in [2.45, 2.75) is 71.8 Å². The third-order valence-corrected chi connectivity index (χ3v) is 7.61. The van der Waals surface area contributed by atoms with Gasteiger partial charge in [0.1, 0.15) is 18.1 Å². The number of piperidine rings is 1. The Kier molecular flexibility index (Phi) is 6.97. The van der Waals surface area contributed by atoms with Crippen LogP contribution in [0.25, 0.3) is 0 Å². The second-order valence-electron chi connectivity index (χ2n) is 11.4. The molecule has 8 nitrogen and oxygen atoms in total. The van der Waals surface area contributed by atoms with Crippen molar-refractivity contribution in [3.8, 4) is 6.07 Å². The number of alkyl halides is 3. The summed E-state index contributed by atoms with van der Waals surface area (Å²) in [5.74, 6) is -3.27. The maximum atomic E-state index is 13.5. The van der Waals surface area contributed by atoms with Gasteiger partial charge in [-0.25, -0.2) is 0 Å². The number of carbonyl (C=O) groups excluding carboxylic acids is 3. The number of amides is 3. The molecule has 3 N–H and O–H groups in total. The summed E-state index contributed by atoms with van der Waals surface area (Å²) >= 11 is 0. The highest BCUT2D eigenvalue weighted by Gasteiger charge is 2.70. The SMILES string of the molecule is CC(C)(C)[C@H](NC(=O)C(F)(F)F)C(=O)N1C[C@H]2[C@@H]([C@H]1C(=O)N[C@H](C#N)C[C@@H]1CCNC1)C2(C)C. The van der Waals surface area contributed by atoms with Crippen LogP contribution in [0.15, 0.2) is 0 Å². The molecule has 11 heteroatoms. The summed E-state index contributed by atoms with van der Waals surface area (Å²) in [6, 6.07) is -0.971. The first-order chi connectivity index (χ1) is 15.6. The number of nitrogens with zero attached hydrogens (tertiary/aromatic N) is 2. The normalized spacial score (nSPS) is 29.6. The van der Waals surface area contributed by atoms with Crippen LogP contribution < -0.4 is 16.0 Å². The van der Waals surface area contributed by atoms with Crippen LogP contribution in [0.2, 0.25) is 0 Å². The Morgan fingerprint density at radius 2 is 1.85 bits per heavy atom. The van der Waals surface area contributed by atoms with E-state index < -0.39 is 47.4 Å². The second-order valence-corrected chi connectivity index (χ2v) is 11.4. The predicted molar refractivity (Wildman–Crippen MR) is 117 cm³/mol. The molecule has 6 atom stereocenters. The number of hydrogen-bond donors (Lipinski definition) is 3. The molecule has 2 saturated heterocycles. The summed E-state index contributed by atoms with van der Waals surface area (Å²) in [6.45, 7) is 10.5. The number of fused-ring (bicyclic) bond motifs is 1. The molecular weight excluding hydrogens is 451 g/mol. The van der Waals surface area contributed by atoms with E-state index in [9.17, 15) is 32.8 Å². The van der Waals surface area contributed by atoms with Gasteiger partial charge >= 0.3 is 12.1 Å². The fourth-order valence-electron chi connectivity index (χ4n) is 5.49. The molecule has 0 aromatic rings. The third kappa shape index (κ3) is 5.16. The molecule has 3 fully saturated rings. The average Bonchev–Trinajstić information content (AvgIpc) is 3.16. The molecule has 0 radical (unpaired) electrons. The standard InChI is InChI=1S/C23H34F3N5O3/c1-21(2,3)17(30-20(34)23(24,25)26)19(33)31-11-14-15(22(14,4)5)16(31)18(32)29-13(9-27)8-12-6-7-28-10-12/h12-17,28H,6-8,10-11H2,1-5H3,(H,29,32)(H,30,34)/t12-,13-,14-,15-,16-,17+/m0/s1. The maximum Gasteiger partial charge on any atom is 0.471 e. The topological polar surface area (TPSA) is 114 Å². The van der Waals surface area contributed by atoms with Gasteiger partial charge in [-0.15, -0.1) is 0 Å². The first kappa shape index (κ1) is 26.3. The fourth-order valence-corrected chi connectivity index (χ4v) is 5.49. The van der Waals surface area contributed by atoms with Gasteiger partial charge in [-0.05, 0) is 54.5 Å². The Morgan fingerprint density at radius 1 is 1.21 bits per heavy atom. The van der Waals surface area contributed by atoms with Crippen molar-refractivity contribution in [2.75, 3.05) is 19.6 Å². The van der Waals surface area contributed by atoms with Gasteiger partial charge in [-0.1, -0.05) is 34.6 Å². The van der Waals surface area contributed by atoms with Crippen molar-refractivity contribution in [3.05, 3.63) is 0 Å². The molecule has 3 amide bonds. The van der Waals surface area contributed by atoms with Crippen molar-refractivity contribution < 1.29 is 27.6 Å². The molecule has 1 aliphatic carbocycles. The summed E-state index contributed by atoms with van der Waals surface area (Å²) in [7, 11) is 0. The first-order valence-electron chi connectivity index (χ1n) is 11.7. The molecule has 0 spiro atoms. The smallest absolute Gasteiger partial charge is 0.339 e. The molecule has 3 aliphatic rings. The lowest BCUT2D eigenvalue weighted by molar-refractivity contribution is -0.176. The van der Waals surface area contributed by atoms with Crippen LogP contribution in [0.4, 0.5) is 13.2 Å². The van der Waals surface area contributed by atoms with Gasteiger partial charge in [0.2, 0.25) is 11.8 Å². The van der Waals surface area contributed by atoms with E-state index in [2.05, 4.69) is 16.7 Å². The van der Waals surface area contributed by atoms with E-state index in [1.807, 2.05) is 19.2 Å². The van der Waals surface area contributed by atoms with Gasteiger partial charge in [0.15, 0.2) is 0 Å². The van der Waals surface area contributed by atoms with E-state index in [0.717, 1.165) is 19.5 Å². The molecule has 0 bridgehead atoms. The van der Waals surface area contributed by atoms with Crippen LogP contribution in [0.1, 0.15) is 47.5 Å². The minimum atomic E-state index is -5.13. The van der Waals surface area contributed by atoms with Crippen molar-refractivity contribution in [2.24, 2.45) is 28.6 Å². The molecule has 0 unspecified atom stereocenters. The number of carbonyl (C=O) groups is 3. The summed E-state index contributed by atoms with van der Waals surface area (Å²) in [4.78, 5) is 39.8. The highest BCUT2D eigenvalue weighted by atomic mass is 19.4. The summed E-state index contributed by atoms with van der Waals surface area (Å²) in [6.07, 6.45) is -3.74. The number of nitrogens with one attached hydrogen (secondary N) is 3. The Hall–Kier alpha value is -2.35. The zero-order valence-electron chi connectivity index (χ0n) is 20.3. The monoisotopic (exact) mass is 485 g/mol. The summed E-state index contributed by atoms with van der Waals surface area (Å²) in [5.41, 5.74) is -1.23. The van der Waals surface area contributed by atoms with Crippen molar-refractivity contribution in [1.82, 2.24) is 20.9 Å². The van der Waals surface area contributed by atoms with Crippen LogP contribution >= 0.6 is 0 Å². The molecule has 2 aliphatic heterocycles. The lowest BCUT2D eigenvalue weighted by atomic mass is 9.85. The lowest BCUT2D eigenvalue weighted by Crippen LogP contribution is -2.61. The second kappa shape index (κ2) is 9.02. The number of hydrogen-bond acceptors (Lipinski definition) is 5. The molecule has 0 aromatic heterocycles. The van der Waals surface area contributed by atoms with E-state index in [1.165, 1.54) is 4.90 Å². The summed E-state index contributed by atoms with van der Waals surface area (Å²) < 4.78 is 38.8. The van der Waals surface area contributed by atoms with Crippen molar-refractivity contribution in [1.29, 1.82) is 5.26 Å². The molecular formula is C23H34F3N5O3. The van der Waals surface area contributed by atoms with E-state index in [1.54, 1.807) is 20.8 Å². The van der Waals surface area contributed by atoms with Gasteiger partial charge in [-0.3, -0.25) is 14.4 Å². The van der Waals surface area contributed by atoms with Gasteiger partial charge in [-0.2, -0.15) is 18.4 Å². The number of halogens is 3. The van der Waals surface area contributed by atoms with E-state index in [0.29, 0.717) is 6.42 Å². The maximum absolute atomic E-state index is 13.5. The van der Waals surface area contributed by atoms with Gasteiger partial charge in [0, 0.05) is 6.54 Å². The Labute approximate surface area is 198 Å². The minimum Gasteiger partial charge on any atom is -0.339 e. The molecule has 2 heterocycles. The Balaban J connectivity index is 1.80. The zero-order valence-corrected chi connectivity index (χ0v) is 20.3. The lowest BCUT2D eigenvalue weighted by Gasteiger charge is -2.37. The molecule has 3 rings (SSSR count). The van der Waals surface area contributed by atoms with Crippen molar-refractivity contribution >= 4 is 17.7 Å². The fraction of sp³-hybridized carbons (Fsp3) is 0.826. The van der Waals surface area contributed by atoms with Gasteiger partial charge in [0.05, 0.1) is 6.07 Å². The number of rotatable bonds is 6.